The van der Waals surface area contributed by atoms with Gasteiger partial charge in [-0.25, -0.2) is 17.5 Å². The van der Waals surface area contributed by atoms with E-state index >= 15 is 0 Å². The van der Waals surface area contributed by atoms with Crippen LogP contribution in [0.1, 0.15) is 13.8 Å². The average molecular weight is 285 g/mol. The standard InChI is InChI=1S/C11H12FN3O3S/c1-7(2)19(16,17)15-11-13-10(14-18-11)8-3-5-9(12)6-4-8/h3-7H,1-2H3,(H,13,14,15). The largest absolute Gasteiger partial charge is 0.335 e. The van der Waals surface area contributed by atoms with Crippen LogP contribution >= 0.6 is 0 Å². The minimum absolute atomic E-state index is 0.182. The fraction of sp³-hybridized carbons (Fsp3) is 0.273. The highest BCUT2D eigenvalue weighted by molar-refractivity contribution is 7.93. The molecule has 0 fully saturated rings. The molecular weight excluding hydrogens is 273 g/mol. The molecule has 0 radical (unpaired) electrons. The zero-order chi connectivity index (χ0) is 14.0. The van der Waals surface area contributed by atoms with Crippen molar-refractivity contribution in [2.75, 3.05) is 4.72 Å². The molecule has 6 nitrogen and oxygen atoms in total. The Morgan fingerprint density at radius 1 is 1.26 bits per heavy atom. The summed E-state index contributed by atoms with van der Waals surface area (Å²) in [5.41, 5.74) is 0.528. The Hall–Kier alpha value is -1.96. The van der Waals surface area contributed by atoms with E-state index in [1.807, 2.05) is 0 Å². The molecule has 1 aromatic carbocycles. The van der Waals surface area contributed by atoms with Gasteiger partial charge in [-0.15, -0.1) is 0 Å². The molecule has 2 aromatic rings. The lowest BCUT2D eigenvalue weighted by atomic mass is 10.2. The lowest BCUT2D eigenvalue weighted by molar-refractivity contribution is 0.435. The maximum Gasteiger partial charge on any atom is 0.335 e. The van der Waals surface area contributed by atoms with E-state index in [4.69, 9.17) is 4.52 Å². The van der Waals surface area contributed by atoms with Gasteiger partial charge in [0, 0.05) is 5.56 Å². The van der Waals surface area contributed by atoms with Crippen LogP contribution in [-0.4, -0.2) is 23.8 Å². The fourth-order valence-corrected chi connectivity index (χ4v) is 1.78. The number of rotatable bonds is 4. The van der Waals surface area contributed by atoms with E-state index in [1.165, 1.54) is 38.1 Å². The molecule has 2 rings (SSSR count). The van der Waals surface area contributed by atoms with Crippen molar-refractivity contribution in [3.05, 3.63) is 30.1 Å². The molecule has 0 spiro atoms. The Morgan fingerprint density at radius 2 is 1.89 bits per heavy atom. The molecule has 0 aliphatic carbocycles. The molecule has 0 bridgehead atoms. The van der Waals surface area contributed by atoms with E-state index in [-0.39, 0.29) is 17.7 Å². The summed E-state index contributed by atoms with van der Waals surface area (Å²) in [7, 11) is -3.53. The van der Waals surface area contributed by atoms with Crippen LogP contribution in [-0.2, 0) is 10.0 Å². The van der Waals surface area contributed by atoms with Crippen LogP contribution < -0.4 is 4.72 Å². The highest BCUT2D eigenvalue weighted by atomic mass is 32.2. The molecule has 1 heterocycles. The van der Waals surface area contributed by atoms with E-state index in [0.717, 1.165) is 0 Å². The van der Waals surface area contributed by atoms with Gasteiger partial charge in [0.25, 0.3) is 0 Å². The van der Waals surface area contributed by atoms with Crippen molar-refractivity contribution in [3.8, 4) is 11.4 Å². The van der Waals surface area contributed by atoms with Crippen molar-refractivity contribution in [1.29, 1.82) is 0 Å². The van der Waals surface area contributed by atoms with Crippen molar-refractivity contribution in [2.45, 2.75) is 19.1 Å². The van der Waals surface area contributed by atoms with E-state index in [1.54, 1.807) is 0 Å². The number of sulfonamides is 1. The summed E-state index contributed by atoms with van der Waals surface area (Å²) in [5.74, 6) is -0.200. The molecule has 0 atom stereocenters. The Kier molecular flexibility index (Phi) is 3.52. The molecule has 8 heteroatoms. The predicted molar refractivity (Wildman–Crippen MR) is 67.4 cm³/mol. The van der Waals surface area contributed by atoms with Crippen LogP contribution in [0.15, 0.2) is 28.8 Å². The zero-order valence-corrected chi connectivity index (χ0v) is 11.1. The van der Waals surface area contributed by atoms with Crippen LogP contribution in [0, 0.1) is 5.82 Å². The highest BCUT2D eigenvalue weighted by Crippen LogP contribution is 2.18. The maximum absolute atomic E-state index is 12.8. The Morgan fingerprint density at radius 3 is 2.47 bits per heavy atom. The van der Waals surface area contributed by atoms with Crippen LogP contribution in [0.3, 0.4) is 0 Å². The number of anilines is 1. The second-order valence-corrected chi connectivity index (χ2v) is 6.36. The van der Waals surface area contributed by atoms with Gasteiger partial charge in [0.1, 0.15) is 5.82 Å². The quantitative estimate of drug-likeness (QED) is 0.929. The summed E-state index contributed by atoms with van der Waals surface area (Å²) < 4.78 is 42.9. The zero-order valence-electron chi connectivity index (χ0n) is 10.3. The monoisotopic (exact) mass is 285 g/mol. The summed E-state index contributed by atoms with van der Waals surface area (Å²) in [6.45, 7) is 3.05. The average Bonchev–Trinajstić information content (AvgIpc) is 2.77. The summed E-state index contributed by atoms with van der Waals surface area (Å²) in [5, 5.41) is 3.01. The molecule has 0 amide bonds. The van der Waals surface area contributed by atoms with Crippen LogP contribution in [0.5, 0.6) is 0 Å². The molecule has 0 saturated heterocycles. The van der Waals surface area contributed by atoms with Crippen LogP contribution in [0.2, 0.25) is 0 Å². The van der Waals surface area contributed by atoms with Gasteiger partial charge in [-0.1, -0.05) is 5.16 Å². The third-order valence-electron chi connectivity index (χ3n) is 2.38. The summed E-state index contributed by atoms with van der Waals surface area (Å²) in [6, 6.07) is 5.24. The van der Waals surface area contributed by atoms with E-state index in [0.29, 0.717) is 5.56 Å². The first kappa shape index (κ1) is 13.5. The van der Waals surface area contributed by atoms with Gasteiger partial charge in [0.2, 0.25) is 15.8 Å². The summed E-state index contributed by atoms with van der Waals surface area (Å²) >= 11 is 0. The molecule has 0 aliphatic rings. The summed E-state index contributed by atoms with van der Waals surface area (Å²) in [4.78, 5) is 3.89. The van der Waals surface area contributed by atoms with E-state index in [2.05, 4.69) is 14.9 Å². The molecule has 0 saturated carbocycles. The second kappa shape index (κ2) is 4.96. The van der Waals surface area contributed by atoms with Gasteiger partial charge in [-0.3, -0.25) is 0 Å². The van der Waals surface area contributed by atoms with Gasteiger partial charge in [0.15, 0.2) is 0 Å². The van der Waals surface area contributed by atoms with Gasteiger partial charge >= 0.3 is 6.01 Å². The molecule has 0 aliphatic heterocycles. The van der Waals surface area contributed by atoms with Crippen molar-refractivity contribution < 1.29 is 17.3 Å². The Bertz CT molecular complexity index is 665. The highest BCUT2D eigenvalue weighted by Gasteiger charge is 2.19. The van der Waals surface area contributed by atoms with Crippen molar-refractivity contribution in [3.63, 3.8) is 0 Å². The predicted octanol–water partition coefficient (Wildman–Crippen LogP) is 2.03. The molecule has 1 N–H and O–H groups in total. The number of hydrogen-bond donors (Lipinski definition) is 1. The number of hydrogen-bond acceptors (Lipinski definition) is 5. The van der Waals surface area contributed by atoms with Crippen LogP contribution in [0.4, 0.5) is 10.4 Å². The van der Waals surface area contributed by atoms with Gasteiger partial charge < -0.3 is 4.52 Å². The topological polar surface area (TPSA) is 85.1 Å². The smallest absolute Gasteiger partial charge is 0.314 e. The van der Waals surface area contributed by atoms with E-state index < -0.39 is 15.3 Å². The molecule has 102 valence electrons. The number of nitrogens with one attached hydrogen (secondary N) is 1. The number of benzene rings is 1. The first-order valence-electron chi connectivity index (χ1n) is 5.50. The maximum atomic E-state index is 12.8. The molecule has 1 aromatic heterocycles. The first-order valence-corrected chi connectivity index (χ1v) is 7.04. The minimum Gasteiger partial charge on any atom is -0.314 e. The fourth-order valence-electron chi connectivity index (χ4n) is 1.22. The summed E-state index contributed by atoms with van der Waals surface area (Å²) in [6.07, 6.45) is 0. The minimum atomic E-state index is -3.53. The van der Waals surface area contributed by atoms with E-state index in [9.17, 15) is 12.8 Å². The number of aromatic nitrogens is 2. The first-order chi connectivity index (χ1) is 8.88. The third-order valence-corrected chi connectivity index (χ3v) is 4.08. The normalized spacial score (nSPS) is 11.8. The molecular formula is C11H12FN3O3S. The van der Waals surface area contributed by atoms with Crippen molar-refractivity contribution in [1.82, 2.24) is 10.1 Å². The molecule has 0 unspecified atom stereocenters. The lowest BCUT2D eigenvalue weighted by Gasteiger charge is -2.05. The van der Waals surface area contributed by atoms with Crippen LogP contribution in [0.25, 0.3) is 11.4 Å². The SMILES string of the molecule is CC(C)S(=O)(=O)Nc1nc(-c2ccc(F)cc2)no1. The van der Waals surface area contributed by atoms with Crippen molar-refractivity contribution in [2.24, 2.45) is 0 Å². The number of halogens is 1. The van der Waals surface area contributed by atoms with Gasteiger partial charge in [-0.05, 0) is 38.1 Å². The third kappa shape index (κ3) is 3.08. The Labute approximate surface area is 109 Å². The number of nitrogens with zero attached hydrogens (tertiary/aromatic N) is 2. The van der Waals surface area contributed by atoms with Gasteiger partial charge in [0.05, 0.1) is 5.25 Å². The lowest BCUT2D eigenvalue weighted by Crippen LogP contribution is -2.22. The Balaban J connectivity index is 2.22. The molecule has 19 heavy (non-hydrogen) atoms. The van der Waals surface area contributed by atoms with Gasteiger partial charge in [-0.2, -0.15) is 4.98 Å². The second-order valence-electron chi connectivity index (χ2n) is 4.13. The van der Waals surface area contributed by atoms with Crippen molar-refractivity contribution >= 4 is 16.0 Å².